The van der Waals surface area contributed by atoms with Crippen LogP contribution in [0, 0.1) is 0 Å². The number of unbranched alkanes of at least 4 members (excludes halogenated alkanes) is 4. The average Bonchev–Trinajstić information content (AvgIpc) is 2.63. The van der Waals surface area contributed by atoms with Gasteiger partial charge in [0.05, 0.1) is 23.8 Å². The average molecular weight is 357 g/mol. The van der Waals surface area contributed by atoms with Gasteiger partial charge in [-0.2, -0.15) is 0 Å². The molecule has 1 aromatic heterocycles. The van der Waals surface area contributed by atoms with Crippen LogP contribution in [0.2, 0.25) is 5.02 Å². The molecule has 0 unspecified atom stereocenters. The molecular formula is C21H25ClN2O. The molecule has 0 bridgehead atoms. The molecule has 0 saturated carbocycles. The number of nitrogens with zero attached hydrogens (tertiary/aromatic N) is 1. The van der Waals surface area contributed by atoms with Crippen LogP contribution in [0.3, 0.4) is 0 Å². The highest BCUT2D eigenvalue weighted by Gasteiger charge is 2.10. The largest absolute Gasteiger partial charge is 0.497 e. The molecule has 3 aromatic rings. The van der Waals surface area contributed by atoms with Crippen molar-refractivity contribution in [2.45, 2.75) is 39.0 Å². The Morgan fingerprint density at radius 3 is 2.60 bits per heavy atom. The Balaban J connectivity index is 1.95. The second kappa shape index (κ2) is 8.39. The van der Waals surface area contributed by atoms with Crippen molar-refractivity contribution >= 4 is 39.1 Å². The standard InChI is InChI=1S/C21H25ClN2O/c1-3-4-5-6-7-12-23-21-17-10-8-15(22)13-20(17)24-19-11-9-16(25-2)14-18(19)21/h8-11,13-14H,3-7,12H2,1-2H3,(H,23,24). The van der Waals surface area contributed by atoms with Gasteiger partial charge >= 0.3 is 0 Å². The predicted molar refractivity (Wildman–Crippen MR) is 108 cm³/mol. The molecule has 0 spiro atoms. The SMILES string of the molecule is CCCCCCCNc1c2ccc(Cl)cc2nc2ccc(OC)cc12. The smallest absolute Gasteiger partial charge is 0.119 e. The molecule has 25 heavy (non-hydrogen) atoms. The molecule has 0 fully saturated rings. The zero-order valence-electron chi connectivity index (χ0n) is 14.9. The summed E-state index contributed by atoms with van der Waals surface area (Å²) in [6.07, 6.45) is 6.32. The van der Waals surface area contributed by atoms with E-state index >= 15 is 0 Å². The van der Waals surface area contributed by atoms with Crippen LogP contribution in [0.4, 0.5) is 5.69 Å². The van der Waals surface area contributed by atoms with Crippen molar-refractivity contribution in [1.82, 2.24) is 4.98 Å². The fourth-order valence-electron chi connectivity index (χ4n) is 3.16. The highest BCUT2D eigenvalue weighted by atomic mass is 35.5. The third-order valence-electron chi connectivity index (χ3n) is 4.53. The first-order valence-electron chi connectivity index (χ1n) is 9.04. The molecule has 3 nitrogen and oxygen atoms in total. The van der Waals surface area contributed by atoms with E-state index in [-0.39, 0.29) is 0 Å². The van der Waals surface area contributed by atoms with Crippen LogP contribution in [0.1, 0.15) is 39.0 Å². The molecule has 1 heterocycles. The highest BCUT2D eigenvalue weighted by Crippen LogP contribution is 2.34. The first kappa shape index (κ1) is 17.8. The fourth-order valence-corrected chi connectivity index (χ4v) is 3.32. The molecule has 132 valence electrons. The Labute approximate surface area is 154 Å². The van der Waals surface area contributed by atoms with Crippen molar-refractivity contribution in [2.75, 3.05) is 19.0 Å². The zero-order valence-corrected chi connectivity index (χ0v) is 15.7. The number of halogens is 1. The number of rotatable bonds is 8. The van der Waals surface area contributed by atoms with Gasteiger partial charge in [-0.25, -0.2) is 4.98 Å². The maximum absolute atomic E-state index is 6.16. The molecule has 2 aromatic carbocycles. The van der Waals surface area contributed by atoms with E-state index in [1.54, 1.807) is 7.11 Å². The van der Waals surface area contributed by atoms with Gasteiger partial charge in [0, 0.05) is 22.3 Å². The van der Waals surface area contributed by atoms with Crippen molar-refractivity contribution in [3.8, 4) is 5.75 Å². The maximum Gasteiger partial charge on any atom is 0.119 e. The first-order chi connectivity index (χ1) is 12.2. The van der Waals surface area contributed by atoms with Crippen LogP contribution in [-0.4, -0.2) is 18.6 Å². The van der Waals surface area contributed by atoms with Crippen molar-refractivity contribution in [2.24, 2.45) is 0 Å². The second-order valence-electron chi connectivity index (χ2n) is 6.37. The summed E-state index contributed by atoms with van der Waals surface area (Å²) in [5.74, 6) is 0.841. The number of fused-ring (bicyclic) bond motifs is 2. The number of aromatic nitrogens is 1. The number of anilines is 1. The third kappa shape index (κ3) is 4.16. The molecule has 0 atom stereocenters. The normalized spacial score (nSPS) is 11.2. The van der Waals surface area contributed by atoms with Crippen LogP contribution in [0.5, 0.6) is 5.75 Å². The lowest BCUT2D eigenvalue weighted by molar-refractivity contribution is 0.415. The summed E-state index contributed by atoms with van der Waals surface area (Å²) >= 11 is 6.16. The van der Waals surface area contributed by atoms with Gasteiger partial charge in [0.15, 0.2) is 0 Å². The summed E-state index contributed by atoms with van der Waals surface area (Å²) in [4.78, 5) is 4.76. The number of hydrogen-bond donors (Lipinski definition) is 1. The van der Waals surface area contributed by atoms with Crippen LogP contribution in [0.25, 0.3) is 21.8 Å². The van der Waals surface area contributed by atoms with E-state index in [9.17, 15) is 0 Å². The van der Waals surface area contributed by atoms with Gasteiger partial charge in [0.25, 0.3) is 0 Å². The van der Waals surface area contributed by atoms with Crippen molar-refractivity contribution in [3.05, 3.63) is 41.4 Å². The van der Waals surface area contributed by atoms with Gasteiger partial charge in [0.1, 0.15) is 5.75 Å². The number of hydrogen-bond acceptors (Lipinski definition) is 3. The molecule has 0 aliphatic rings. The minimum Gasteiger partial charge on any atom is -0.497 e. The quantitative estimate of drug-likeness (QED) is 0.373. The van der Waals surface area contributed by atoms with E-state index in [0.29, 0.717) is 5.02 Å². The monoisotopic (exact) mass is 356 g/mol. The Hall–Kier alpha value is -2.00. The number of methoxy groups -OCH3 is 1. The van der Waals surface area contributed by atoms with Crippen LogP contribution >= 0.6 is 11.6 Å². The van der Waals surface area contributed by atoms with E-state index in [4.69, 9.17) is 21.3 Å². The number of nitrogens with one attached hydrogen (secondary N) is 1. The summed E-state index contributed by atoms with van der Waals surface area (Å²) in [6.45, 7) is 3.20. The topological polar surface area (TPSA) is 34.2 Å². The maximum atomic E-state index is 6.16. The van der Waals surface area contributed by atoms with Gasteiger partial charge in [0.2, 0.25) is 0 Å². The summed E-state index contributed by atoms with van der Waals surface area (Å²) < 4.78 is 5.40. The Morgan fingerprint density at radius 2 is 1.80 bits per heavy atom. The van der Waals surface area contributed by atoms with Crippen molar-refractivity contribution < 1.29 is 4.74 Å². The van der Waals surface area contributed by atoms with E-state index in [0.717, 1.165) is 39.8 Å². The lowest BCUT2D eigenvalue weighted by Crippen LogP contribution is -2.03. The lowest BCUT2D eigenvalue weighted by atomic mass is 10.1. The van der Waals surface area contributed by atoms with Gasteiger partial charge in [-0.15, -0.1) is 0 Å². The number of benzene rings is 2. The molecule has 0 saturated heterocycles. The van der Waals surface area contributed by atoms with Gasteiger partial charge < -0.3 is 10.1 Å². The van der Waals surface area contributed by atoms with E-state index in [1.165, 1.54) is 32.1 Å². The van der Waals surface area contributed by atoms with Crippen LogP contribution < -0.4 is 10.1 Å². The van der Waals surface area contributed by atoms with Gasteiger partial charge in [-0.1, -0.05) is 44.2 Å². The van der Waals surface area contributed by atoms with E-state index < -0.39 is 0 Å². The molecule has 4 heteroatoms. The van der Waals surface area contributed by atoms with Crippen LogP contribution in [-0.2, 0) is 0 Å². The summed E-state index contributed by atoms with van der Waals surface area (Å²) in [7, 11) is 1.69. The second-order valence-corrected chi connectivity index (χ2v) is 6.81. The van der Waals surface area contributed by atoms with Gasteiger partial charge in [-0.05, 0) is 42.8 Å². The summed E-state index contributed by atoms with van der Waals surface area (Å²) in [6, 6.07) is 11.9. The lowest BCUT2D eigenvalue weighted by Gasteiger charge is -2.14. The molecular weight excluding hydrogens is 332 g/mol. The van der Waals surface area contributed by atoms with Crippen molar-refractivity contribution in [3.63, 3.8) is 0 Å². The molecule has 0 aliphatic carbocycles. The summed E-state index contributed by atoms with van der Waals surface area (Å²) in [5.41, 5.74) is 2.98. The zero-order chi connectivity index (χ0) is 17.6. The van der Waals surface area contributed by atoms with E-state index in [2.05, 4.69) is 18.3 Å². The minimum absolute atomic E-state index is 0.707. The van der Waals surface area contributed by atoms with Crippen molar-refractivity contribution in [1.29, 1.82) is 0 Å². The molecule has 0 aliphatic heterocycles. The van der Waals surface area contributed by atoms with Gasteiger partial charge in [-0.3, -0.25) is 0 Å². The third-order valence-corrected chi connectivity index (χ3v) is 4.76. The Bertz CT molecular complexity index is 863. The van der Waals surface area contributed by atoms with E-state index in [1.807, 2.05) is 30.3 Å². The molecule has 3 rings (SSSR count). The Kier molecular flexibility index (Phi) is 5.98. The summed E-state index contributed by atoms with van der Waals surface area (Å²) in [5, 5.41) is 6.53. The highest BCUT2D eigenvalue weighted by molar-refractivity contribution is 6.31. The first-order valence-corrected chi connectivity index (χ1v) is 9.41. The molecule has 1 N–H and O–H groups in total. The number of pyridine rings is 1. The molecule has 0 radical (unpaired) electrons. The molecule has 0 amide bonds. The van der Waals surface area contributed by atoms with Crippen LogP contribution in [0.15, 0.2) is 36.4 Å². The minimum atomic E-state index is 0.707. The Morgan fingerprint density at radius 1 is 0.960 bits per heavy atom. The number of ether oxygens (including phenoxy) is 1. The fraction of sp³-hybridized carbons (Fsp3) is 0.381. The predicted octanol–water partition coefficient (Wildman–Crippen LogP) is 6.43.